The molecule has 0 aliphatic heterocycles. The van der Waals surface area contributed by atoms with E-state index in [2.05, 4.69) is 17.6 Å². The van der Waals surface area contributed by atoms with E-state index >= 15 is 0 Å². The quantitative estimate of drug-likeness (QED) is 0.797. The summed E-state index contributed by atoms with van der Waals surface area (Å²) >= 11 is 5.93. The molecule has 0 atom stereocenters. The van der Waals surface area contributed by atoms with E-state index in [1.54, 1.807) is 7.11 Å². The Morgan fingerprint density at radius 1 is 1.42 bits per heavy atom. The topological polar surface area (TPSA) is 27.1 Å². The molecule has 1 aromatic heterocycles. The number of methoxy groups -OCH3 is 1. The van der Waals surface area contributed by atoms with Crippen molar-refractivity contribution in [3.05, 3.63) is 24.0 Å². The monoisotopic (exact) mass is 278 g/mol. The first-order valence-corrected chi connectivity index (χ1v) is 7.33. The summed E-state index contributed by atoms with van der Waals surface area (Å²) in [6.07, 6.45) is 4.56. The molecule has 102 valence electrons. The number of nitrogens with zero attached hydrogens (tertiary/aromatic N) is 2. The SMILES string of the molecule is COc1ccc2c(c1)nc(CCCl)n2C1(C)CCC1. The van der Waals surface area contributed by atoms with E-state index in [9.17, 15) is 0 Å². The number of alkyl halides is 1. The maximum Gasteiger partial charge on any atom is 0.121 e. The summed E-state index contributed by atoms with van der Waals surface area (Å²) in [4.78, 5) is 4.76. The fraction of sp³-hybridized carbons (Fsp3) is 0.533. The van der Waals surface area contributed by atoms with Gasteiger partial charge >= 0.3 is 0 Å². The van der Waals surface area contributed by atoms with Crippen molar-refractivity contribution in [3.63, 3.8) is 0 Å². The highest BCUT2D eigenvalue weighted by atomic mass is 35.5. The number of imidazole rings is 1. The number of aromatic nitrogens is 2. The van der Waals surface area contributed by atoms with E-state index in [-0.39, 0.29) is 5.54 Å². The van der Waals surface area contributed by atoms with Gasteiger partial charge in [-0.3, -0.25) is 0 Å². The van der Waals surface area contributed by atoms with Crippen LogP contribution in [0.2, 0.25) is 0 Å². The summed E-state index contributed by atoms with van der Waals surface area (Å²) in [6.45, 7) is 2.32. The van der Waals surface area contributed by atoms with Crippen LogP contribution in [-0.2, 0) is 12.0 Å². The largest absolute Gasteiger partial charge is 0.497 e. The number of hydrogen-bond acceptors (Lipinski definition) is 2. The molecular formula is C15H19ClN2O. The molecule has 1 heterocycles. The summed E-state index contributed by atoms with van der Waals surface area (Å²) in [5, 5.41) is 0. The zero-order valence-corrected chi connectivity index (χ0v) is 12.2. The van der Waals surface area contributed by atoms with E-state index in [4.69, 9.17) is 21.3 Å². The molecule has 1 aromatic carbocycles. The molecule has 1 aliphatic rings. The fourth-order valence-corrected chi connectivity index (χ4v) is 3.17. The number of fused-ring (bicyclic) bond motifs is 1. The van der Waals surface area contributed by atoms with Crippen LogP contribution in [0.25, 0.3) is 11.0 Å². The summed E-state index contributed by atoms with van der Waals surface area (Å²) in [5.74, 6) is 2.56. The van der Waals surface area contributed by atoms with Crippen LogP contribution in [0.1, 0.15) is 32.0 Å². The lowest BCUT2D eigenvalue weighted by Crippen LogP contribution is -2.38. The van der Waals surface area contributed by atoms with Gasteiger partial charge in [-0.2, -0.15) is 0 Å². The van der Waals surface area contributed by atoms with E-state index in [0.717, 1.165) is 23.5 Å². The van der Waals surface area contributed by atoms with Gasteiger partial charge in [0, 0.05) is 23.9 Å². The van der Waals surface area contributed by atoms with Crippen molar-refractivity contribution >= 4 is 22.6 Å². The number of aryl methyl sites for hydroxylation is 1. The molecule has 1 fully saturated rings. The number of rotatable bonds is 4. The molecular weight excluding hydrogens is 260 g/mol. The van der Waals surface area contributed by atoms with Gasteiger partial charge in [0.15, 0.2) is 0 Å². The molecule has 1 aliphatic carbocycles. The molecule has 1 saturated carbocycles. The van der Waals surface area contributed by atoms with Gasteiger partial charge in [0.1, 0.15) is 11.6 Å². The Kier molecular flexibility index (Phi) is 3.17. The molecule has 0 unspecified atom stereocenters. The number of ether oxygens (including phenoxy) is 1. The number of halogens is 1. The molecule has 3 nitrogen and oxygen atoms in total. The van der Waals surface area contributed by atoms with Gasteiger partial charge in [-0.1, -0.05) is 0 Å². The smallest absolute Gasteiger partial charge is 0.121 e. The average Bonchev–Trinajstić information content (AvgIpc) is 2.73. The van der Waals surface area contributed by atoms with Gasteiger partial charge in [0.2, 0.25) is 0 Å². The van der Waals surface area contributed by atoms with Crippen molar-refractivity contribution < 1.29 is 4.74 Å². The first kappa shape index (κ1) is 12.8. The van der Waals surface area contributed by atoms with Crippen molar-refractivity contribution in [2.75, 3.05) is 13.0 Å². The molecule has 0 spiro atoms. The standard InChI is InChI=1S/C15H19ClN2O/c1-15(7-3-8-15)18-13-5-4-11(19-2)10-12(13)17-14(18)6-9-16/h4-5,10H,3,6-9H2,1-2H3. The Hall–Kier alpha value is -1.22. The Bertz CT molecular complexity index is 601. The van der Waals surface area contributed by atoms with Crippen molar-refractivity contribution in [3.8, 4) is 5.75 Å². The Balaban J connectivity index is 2.18. The van der Waals surface area contributed by atoms with E-state index in [1.807, 2.05) is 12.1 Å². The van der Waals surface area contributed by atoms with Gasteiger partial charge < -0.3 is 9.30 Å². The maximum absolute atomic E-state index is 5.93. The molecule has 4 heteroatoms. The number of benzene rings is 1. The maximum atomic E-state index is 5.93. The zero-order chi connectivity index (χ0) is 13.5. The van der Waals surface area contributed by atoms with Crippen molar-refractivity contribution in [2.45, 2.75) is 38.1 Å². The average molecular weight is 279 g/mol. The first-order chi connectivity index (χ1) is 9.18. The second-order valence-electron chi connectivity index (χ2n) is 5.51. The Morgan fingerprint density at radius 2 is 2.21 bits per heavy atom. The summed E-state index contributed by atoms with van der Waals surface area (Å²) in [7, 11) is 1.69. The molecule has 0 amide bonds. The van der Waals surface area contributed by atoms with Gasteiger partial charge in [-0.25, -0.2) is 4.98 Å². The second-order valence-corrected chi connectivity index (χ2v) is 5.89. The molecule has 0 saturated heterocycles. The van der Waals surface area contributed by atoms with Crippen LogP contribution >= 0.6 is 11.6 Å². The van der Waals surface area contributed by atoms with Crippen LogP contribution in [0, 0.1) is 0 Å². The van der Waals surface area contributed by atoms with E-state index in [0.29, 0.717) is 5.88 Å². The van der Waals surface area contributed by atoms with E-state index < -0.39 is 0 Å². The minimum atomic E-state index is 0.213. The minimum Gasteiger partial charge on any atom is -0.497 e. The predicted octanol–water partition coefficient (Wildman–Crippen LogP) is 3.73. The Labute approximate surface area is 118 Å². The normalized spacial score (nSPS) is 17.4. The second kappa shape index (κ2) is 4.71. The summed E-state index contributed by atoms with van der Waals surface area (Å²) < 4.78 is 7.68. The predicted molar refractivity (Wildman–Crippen MR) is 78.2 cm³/mol. The van der Waals surface area contributed by atoms with Crippen LogP contribution in [0.3, 0.4) is 0 Å². The Morgan fingerprint density at radius 3 is 2.79 bits per heavy atom. The third-order valence-corrected chi connectivity index (χ3v) is 4.41. The fourth-order valence-electron chi connectivity index (χ4n) is 3.00. The summed E-state index contributed by atoms with van der Waals surface area (Å²) in [6, 6.07) is 6.13. The highest BCUT2D eigenvalue weighted by molar-refractivity contribution is 6.17. The molecule has 19 heavy (non-hydrogen) atoms. The molecule has 0 radical (unpaired) electrons. The number of hydrogen-bond donors (Lipinski definition) is 0. The molecule has 0 N–H and O–H groups in total. The first-order valence-electron chi connectivity index (χ1n) is 6.80. The van der Waals surface area contributed by atoms with Crippen LogP contribution in [-0.4, -0.2) is 22.5 Å². The van der Waals surface area contributed by atoms with Crippen LogP contribution in [0.4, 0.5) is 0 Å². The molecule has 3 rings (SSSR count). The third kappa shape index (κ3) is 2.00. The van der Waals surface area contributed by atoms with Crippen LogP contribution in [0.5, 0.6) is 5.75 Å². The van der Waals surface area contributed by atoms with Gasteiger partial charge in [-0.15, -0.1) is 11.6 Å². The highest BCUT2D eigenvalue weighted by Gasteiger charge is 2.36. The minimum absolute atomic E-state index is 0.213. The lowest BCUT2D eigenvalue weighted by molar-refractivity contribution is 0.170. The van der Waals surface area contributed by atoms with Crippen LogP contribution < -0.4 is 4.74 Å². The van der Waals surface area contributed by atoms with Gasteiger partial charge in [0.05, 0.1) is 18.1 Å². The summed E-state index contributed by atoms with van der Waals surface area (Å²) in [5.41, 5.74) is 2.42. The van der Waals surface area contributed by atoms with Gasteiger partial charge in [-0.05, 0) is 38.3 Å². The van der Waals surface area contributed by atoms with Crippen molar-refractivity contribution in [1.82, 2.24) is 9.55 Å². The van der Waals surface area contributed by atoms with Gasteiger partial charge in [0.25, 0.3) is 0 Å². The lowest BCUT2D eigenvalue weighted by Gasteiger charge is -2.41. The lowest BCUT2D eigenvalue weighted by atomic mass is 9.78. The third-order valence-electron chi connectivity index (χ3n) is 4.22. The highest BCUT2D eigenvalue weighted by Crippen LogP contribution is 2.42. The van der Waals surface area contributed by atoms with Crippen LogP contribution in [0.15, 0.2) is 18.2 Å². The van der Waals surface area contributed by atoms with Crippen molar-refractivity contribution in [1.29, 1.82) is 0 Å². The molecule has 0 bridgehead atoms. The van der Waals surface area contributed by atoms with E-state index in [1.165, 1.54) is 24.8 Å². The zero-order valence-electron chi connectivity index (χ0n) is 11.4. The van der Waals surface area contributed by atoms with Crippen molar-refractivity contribution in [2.24, 2.45) is 0 Å². The molecule has 2 aromatic rings.